The average molecular weight is 301 g/mol. The van der Waals surface area contributed by atoms with E-state index in [1.165, 1.54) is 16.9 Å². The summed E-state index contributed by atoms with van der Waals surface area (Å²) in [5.41, 5.74) is 1.41. The van der Waals surface area contributed by atoms with E-state index in [1.807, 2.05) is 16.9 Å². The van der Waals surface area contributed by atoms with Crippen LogP contribution < -0.4 is 0 Å². The maximum atomic E-state index is 12.8. The number of hydrogen-bond donors (Lipinski definition) is 0. The lowest BCUT2D eigenvalue weighted by atomic mass is 10.2. The smallest absolute Gasteiger partial charge is 0.264 e. The van der Waals surface area contributed by atoms with E-state index in [0.29, 0.717) is 0 Å². The van der Waals surface area contributed by atoms with Gasteiger partial charge in [0, 0.05) is 23.8 Å². The minimum absolute atomic E-state index is 0.226. The monoisotopic (exact) mass is 301 g/mol. The second-order valence-corrected chi connectivity index (χ2v) is 7.07. The van der Waals surface area contributed by atoms with Crippen molar-refractivity contribution in [2.45, 2.75) is 44.7 Å². The predicted molar refractivity (Wildman–Crippen MR) is 82.6 cm³/mol. The summed E-state index contributed by atoms with van der Waals surface area (Å²) in [6.07, 6.45) is 9.51. The highest BCUT2D eigenvalue weighted by Gasteiger charge is 2.31. The van der Waals surface area contributed by atoms with Gasteiger partial charge in [0.15, 0.2) is 0 Å². The third-order valence-electron chi connectivity index (χ3n) is 4.55. The van der Waals surface area contributed by atoms with Gasteiger partial charge in [-0.15, -0.1) is 11.3 Å². The van der Waals surface area contributed by atoms with Gasteiger partial charge in [-0.25, -0.2) is 0 Å². The third kappa shape index (κ3) is 2.39. The van der Waals surface area contributed by atoms with Gasteiger partial charge in [-0.1, -0.05) is 0 Å². The number of aryl methyl sites for hydroxylation is 2. The van der Waals surface area contributed by atoms with Crippen LogP contribution in [-0.4, -0.2) is 33.2 Å². The Balaban J connectivity index is 1.52. The van der Waals surface area contributed by atoms with Crippen LogP contribution in [0.4, 0.5) is 0 Å². The number of nitrogens with zero attached hydrogens (tertiary/aromatic N) is 3. The maximum Gasteiger partial charge on any atom is 0.264 e. The van der Waals surface area contributed by atoms with Crippen LogP contribution >= 0.6 is 11.3 Å². The molecule has 1 unspecified atom stereocenters. The molecule has 21 heavy (non-hydrogen) atoms. The van der Waals surface area contributed by atoms with E-state index >= 15 is 0 Å². The normalized spacial score (nSPS) is 21.0. The Kier molecular flexibility index (Phi) is 3.30. The van der Waals surface area contributed by atoms with Gasteiger partial charge < -0.3 is 4.90 Å². The van der Waals surface area contributed by atoms with Crippen molar-refractivity contribution in [2.75, 3.05) is 6.54 Å². The summed E-state index contributed by atoms with van der Waals surface area (Å²) in [6.45, 7) is 1.69. The van der Waals surface area contributed by atoms with E-state index in [0.717, 1.165) is 43.6 Å². The van der Waals surface area contributed by atoms with E-state index in [-0.39, 0.29) is 11.9 Å². The zero-order valence-corrected chi connectivity index (χ0v) is 12.8. The lowest BCUT2D eigenvalue weighted by molar-refractivity contribution is 0.0726. The number of carbonyl (C=O) groups is 1. The summed E-state index contributed by atoms with van der Waals surface area (Å²) in [5, 5.41) is 4.27. The molecule has 1 aliphatic carbocycles. The van der Waals surface area contributed by atoms with Crippen LogP contribution in [0.25, 0.3) is 0 Å². The molecule has 0 N–H and O–H groups in total. The molecule has 4 nitrogen and oxygen atoms in total. The fourth-order valence-corrected chi connectivity index (χ4v) is 4.70. The number of carbonyl (C=O) groups excluding carboxylic acids is 1. The van der Waals surface area contributed by atoms with E-state index < -0.39 is 0 Å². The van der Waals surface area contributed by atoms with Gasteiger partial charge in [0.2, 0.25) is 0 Å². The van der Waals surface area contributed by atoms with Crippen molar-refractivity contribution >= 4 is 17.2 Å². The Labute approximate surface area is 128 Å². The van der Waals surface area contributed by atoms with Gasteiger partial charge in [0.1, 0.15) is 0 Å². The van der Waals surface area contributed by atoms with Crippen LogP contribution in [0, 0.1) is 0 Å². The molecule has 0 saturated carbocycles. The van der Waals surface area contributed by atoms with Gasteiger partial charge in [-0.3, -0.25) is 9.48 Å². The maximum absolute atomic E-state index is 12.8. The van der Waals surface area contributed by atoms with E-state index in [1.54, 1.807) is 17.5 Å². The minimum atomic E-state index is 0.226. The number of likely N-dealkylation sites (tertiary alicyclic amines) is 1. The number of rotatable bonds is 3. The fourth-order valence-electron chi connectivity index (χ4n) is 3.49. The van der Waals surface area contributed by atoms with Gasteiger partial charge in [-0.2, -0.15) is 5.10 Å². The molecule has 1 amide bonds. The summed E-state index contributed by atoms with van der Waals surface area (Å²) in [5.74, 6) is 0.226. The molecule has 4 rings (SSSR count). The summed E-state index contributed by atoms with van der Waals surface area (Å²) >= 11 is 1.71. The highest BCUT2D eigenvalue weighted by atomic mass is 32.1. The zero-order chi connectivity index (χ0) is 14.2. The number of thiophene rings is 1. The molecule has 0 radical (unpaired) electrons. The first-order valence-electron chi connectivity index (χ1n) is 7.71. The number of amides is 1. The molecule has 3 heterocycles. The molecule has 2 aromatic rings. The molecule has 5 heteroatoms. The first-order chi connectivity index (χ1) is 10.3. The third-order valence-corrected chi connectivity index (χ3v) is 5.78. The molecule has 2 aromatic heterocycles. The quantitative estimate of drug-likeness (QED) is 0.874. The average Bonchev–Trinajstić information content (AvgIpc) is 3.23. The summed E-state index contributed by atoms with van der Waals surface area (Å²) < 4.78 is 1.94. The van der Waals surface area contributed by atoms with E-state index in [4.69, 9.17) is 0 Å². The van der Waals surface area contributed by atoms with Crippen molar-refractivity contribution in [1.82, 2.24) is 14.7 Å². The van der Waals surface area contributed by atoms with Gasteiger partial charge in [0.25, 0.3) is 5.91 Å². The second kappa shape index (κ2) is 5.30. The number of aromatic nitrogens is 2. The summed E-state index contributed by atoms with van der Waals surface area (Å²) in [4.78, 5) is 17.2. The summed E-state index contributed by atoms with van der Waals surface area (Å²) in [7, 11) is 0. The van der Waals surface area contributed by atoms with Gasteiger partial charge in [0.05, 0.1) is 17.5 Å². The van der Waals surface area contributed by atoms with E-state index in [2.05, 4.69) is 16.1 Å². The molecular formula is C16H19N3OS. The molecule has 0 aromatic carbocycles. The van der Waals surface area contributed by atoms with Gasteiger partial charge in [-0.05, 0) is 49.8 Å². The molecule has 110 valence electrons. The first-order valence-corrected chi connectivity index (χ1v) is 8.53. The van der Waals surface area contributed by atoms with Crippen molar-refractivity contribution < 1.29 is 4.79 Å². The lowest BCUT2D eigenvalue weighted by Gasteiger charge is -2.24. The predicted octanol–water partition coefficient (Wildman–Crippen LogP) is 2.74. The Morgan fingerprint density at radius 3 is 3.14 bits per heavy atom. The second-order valence-electron chi connectivity index (χ2n) is 5.94. The van der Waals surface area contributed by atoms with Crippen LogP contribution in [0.5, 0.6) is 0 Å². The lowest BCUT2D eigenvalue weighted by Crippen LogP contribution is -2.37. The Bertz CT molecular complexity index is 625. The molecule has 1 saturated heterocycles. The molecule has 1 fully saturated rings. The van der Waals surface area contributed by atoms with Crippen molar-refractivity contribution in [3.05, 3.63) is 39.8 Å². The largest absolute Gasteiger partial charge is 0.333 e. The molecule has 2 aliphatic rings. The standard InChI is InChI=1S/C16H19N3OS/c20-16(15-10-12-4-1-6-14(12)21-15)19-9-2-5-13(19)11-18-8-3-7-17-18/h3,7-8,10,13H,1-2,4-6,9,11H2. The first kappa shape index (κ1) is 13.1. The van der Waals surface area contributed by atoms with Crippen molar-refractivity contribution in [3.8, 4) is 0 Å². The number of fused-ring (bicyclic) bond motifs is 1. The van der Waals surface area contributed by atoms with Gasteiger partial charge >= 0.3 is 0 Å². The highest BCUT2D eigenvalue weighted by Crippen LogP contribution is 2.32. The van der Waals surface area contributed by atoms with Crippen molar-refractivity contribution in [3.63, 3.8) is 0 Å². The minimum Gasteiger partial charge on any atom is -0.333 e. The van der Waals surface area contributed by atoms with Crippen LogP contribution in [0.2, 0.25) is 0 Å². The molecule has 0 bridgehead atoms. The van der Waals surface area contributed by atoms with Crippen LogP contribution in [0.3, 0.4) is 0 Å². The SMILES string of the molecule is O=C(c1cc2c(s1)CCC2)N1CCCC1Cn1cccn1. The van der Waals surface area contributed by atoms with Crippen LogP contribution in [-0.2, 0) is 19.4 Å². The van der Waals surface area contributed by atoms with Crippen LogP contribution in [0.1, 0.15) is 39.4 Å². The van der Waals surface area contributed by atoms with Crippen LogP contribution in [0.15, 0.2) is 24.5 Å². The Hall–Kier alpha value is -1.62. The van der Waals surface area contributed by atoms with Crippen molar-refractivity contribution in [1.29, 1.82) is 0 Å². The molecule has 1 aliphatic heterocycles. The Morgan fingerprint density at radius 2 is 2.33 bits per heavy atom. The van der Waals surface area contributed by atoms with E-state index in [9.17, 15) is 4.79 Å². The van der Waals surface area contributed by atoms with Crippen molar-refractivity contribution in [2.24, 2.45) is 0 Å². The Morgan fingerprint density at radius 1 is 1.38 bits per heavy atom. The summed E-state index contributed by atoms with van der Waals surface area (Å²) in [6, 6.07) is 4.36. The fraction of sp³-hybridized carbons (Fsp3) is 0.500. The highest BCUT2D eigenvalue weighted by molar-refractivity contribution is 7.14. The topological polar surface area (TPSA) is 38.1 Å². The molecular weight excluding hydrogens is 282 g/mol. The molecule has 1 atom stereocenters. The molecule has 0 spiro atoms. The number of hydrogen-bond acceptors (Lipinski definition) is 3. The zero-order valence-electron chi connectivity index (χ0n) is 12.0.